The molecule has 0 unspecified atom stereocenters. The van der Waals surface area contributed by atoms with E-state index in [0.717, 1.165) is 35.3 Å². The highest BCUT2D eigenvalue weighted by atomic mass is 79.9. The largest absolute Gasteiger partial charge is 0.346 e. The Morgan fingerprint density at radius 2 is 2.05 bits per heavy atom. The highest BCUT2D eigenvalue weighted by molar-refractivity contribution is 9.10. The van der Waals surface area contributed by atoms with Gasteiger partial charge in [0.05, 0.1) is 4.47 Å². The molecule has 2 rings (SSSR count). The van der Waals surface area contributed by atoms with Gasteiger partial charge in [-0.05, 0) is 40.4 Å². The molecule has 0 saturated heterocycles. The Hall–Kier alpha value is -1.00. The molecule has 100 valence electrons. The number of aromatic amines is 1. The summed E-state index contributed by atoms with van der Waals surface area (Å²) in [6, 6.07) is 8.37. The van der Waals surface area contributed by atoms with Gasteiger partial charge in [-0.15, -0.1) is 0 Å². The van der Waals surface area contributed by atoms with Crippen LogP contribution in [0.4, 0.5) is 0 Å². The third-order valence-corrected chi connectivity index (χ3v) is 4.52. The van der Waals surface area contributed by atoms with Crippen LogP contribution in [0.2, 0.25) is 0 Å². The van der Waals surface area contributed by atoms with E-state index in [4.69, 9.17) is 12.2 Å². The summed E-state index contributed by atoms with van der Waals surface area (Å²) in [4.78, 5) is 7.87. The lowest BCUT2D eigenvalue weighted by Crippen LogP contribution is -2.03. The average molecular weight is 337 g/mol. The van der Waals surface area contributed by atoms with Gasteiger partial charge < -0.3 is 4.98 Å². The van der Waals surface area contributed by atoms with Crippen LogP contribution in [-0.4, -0.2) is 9.97 Å². The van der Waals surface area contributed by atoms with Crippen LogP contribution >= 0.6 is 28.1 Å². The van der Waals surface area contributed by atoms with Gasteiger partial charge in [-0.25, -0.2) is 4.98 Å². The number of nitrogens with one attached hydrogen (secondary N) is 1. The molecule has 0 fully saturated rings. The molecule has 0 atom stereocenters. The Kier molecular flexibility index (Phi) is 4.88. The number of rotatable bonds is 4. The van der Waals surface area contributed by atoms with Crippen molar-refractivity contribution in [3.8, 4) is 0 Å². The smallest absolute Gasteiger partial charge is 0.144 e. The molecule has 0 radical (unpaired) electrons. The fourth-order valence-electron chi connectivity index (χ4n) is 2.05. The first-order valence-corrected chi connectivity index (χ1v) is 7.64. The molecule has 0 spiro atoms. The van der Waals surface area contributed by atoms with E-state index in [1.54, 1.807) is 0 Å². The summed E-state index contributed by atoms with van der Waals surface area (Å²) in [6.07, 6.45) is 2.85. The first-order valence-electron chi connectivity index (χ1n) is 6.44. The average Bonchev–Trinajstić information content (AvgIpc) is 2.38. The van der Waals surface area contributed by atoms with Crippen molar-refractivity contribution in [2.45, 2.75) is 33.1 Å². The molecule has 0 aliphatic heterocycles. The molecule has 1 aromatic carbocycles. The molecule has 1 N–H and O–H groups in total. The van der Waals surface area contributed by atoms with E-state index in [-0.39, 0.29) is 0 Å². The molecule has 0 aliphatic rings. The lowest BCUT2D eigenvalue weighted by molar-refractivity contribution is 0.828. The van der Waals surface area contributed by atoms with Crippen LogP contribution < -0.4 is 0 Å². The first kappa shape index (κ1) is 14.4. The van der Waals surface area contributed by atoms with Gasteiger partial charge in [0.25, 0.3) is 0 Å². The maximum atomic E-state index is 5.31. The summed E-state index contributed by atoms with van der Waals surface area (Å²) in [6.45, 7) is 4.28. The van der Waals surface area contributed by atoms with Gasteiger partial charge in [-0.1, -0.05) is 49.8 Å². The fraction of sp³-hybridized carbons (Fsp3) is 0.333. The molecule has 1 heterocycles. The third-order valence-electron chi connectivity index (χ3n) is 3.10. The Morgan fingerprint density at radius 3 is 2.74 bits per heavy atom. The Balaban J connectivity index is 2.36. The Morgan fingerprint density at radius 1 is 1.32 bits per heavy atom. The second kappa shape index (κ2) is 6.44. The molecule has 0 aliphatic carbocycles. The summed E-state index contributed by atoms with van der Waals surface area (Å²) >= 11 is 8.83. The predicted octanol–water partition coefficient (Wildman–Crippen LogP) is 4.75. The standard InChI is InChI=1S/C15H17BrN2S/c1-3-6-12-14(16)15(19)18-13(17-12)9-11-8-5-4-7-10(11)2/h4-5,7-8H,3,6,9H2,1-2H3,(H,17,18,19). The van der Waals surface area contributed by atoms with Crippen LogP contribution in [0.5, 0.6) is 0 Å². The summed E-state index contributed by atoms with van der Waals surface area (Å²) < 4.78 is 1.57. The van der Waals surface area contributed by atoms with Crippen LogP contribution in [0.25, 0.3) is 0 Å². The molecule has 1 aromatic heterocycles. The van der Waals surface area contributed by atoms with Crippen molar-refractivity contribution in [1.82, 2.24) is 9.97 Å². The molecule has 0 bridgehead atoms. The SMILES string of the molecule is CCCc1[nH]c(Cc2ccccc2C)nc(=S)c1Br. The summed E-state index contributed by atoms with van der Waals surface area (Å²) in [5, 5.41) is 0. The van der Waals surface area contributed by atoms with Crippen molar-refractivity contribution in [2.24, 2.45) is 0 Å². The normalized spacial score (nSPS) is 10.7. The van der Waals surface area contributed by atoms with E-state index < -0.39 is 0 Å². The lowest BCUT2D eigenvalue weighted by atomic mass is 10.1. The quantitative estimate of drug-likeness (QED) is 0.816. The van der Waals surface area contributed by atoms with Gasteiger partial charge in [0.2, 0.25) is 0 Å². The van der Waals surface area contributed by atoms with Crippen LogP contribution in [0, 0.1) is 11.6 Å². The molecule has 0 amide bonds. The van der Waals surface area contributed by atoms with Gasteiger partial charge in [0, 0.05) is 12.1 Å². The number of hydrogen-bond donors (Lipinski definition) is 1. The Labute approximate surface area is 127 Å². The maximum Gasteiger partial charge on any atom is 0.144 e. The van der Waals surface area contributed by atoms with Crippen LogP contribution in [0.1, 0.15) is 36.0 Å². The van der Waals surface area contributed by atoms with Gasteiger partial charge in [-0.3, -0.25) is 0 Å². The highest BCUT2D eigenvalue weighted by Gasteiger charge is 2.07. The zero-order valence-electron chi connectivity index (χ0n) is 11.2. The molecule has 2 aromatic rings. The number of aromatic nitrogens is 2. The molecule has 4 heteroatoms. The van der Waals surface area contributed by atoms with Gasteiger partial charge >= 0.3 is 0 Å². The van der Waals surface area contributed by atoms with E-state index >= 15 is 0 Å². The van der Waals surface area contributed by atoms with E-state index in [0.29, 0.717) is 4.64 Å². The molecule has 0 saturated carbocycles. The number of hydrogen-bond acceptors (Lipinski definition) is 2. The lowest BCUT2D eigenvalue weighted by Gasteiger charge is -2.09. The van der Waals surface area contributed by atoms with Crippen molar-refractivity contribution in [1.29, 1.82) is 0 Å². The number of benzene rings is 1. The molecular weight excluding hydrogens is 320 g/mol. The zero-order valence-corrected chi connectivity index (χ0v) is 13.6. The summed E-state index contributed by atoms with van der Waals surface area (Å²) in [7, 11) is 0. The van der Waals surface area contributed by atoms with Crippen molar-refractivity contribution in [2.75, 3.05) is 0 Å². The maximum absolute atomic E-state index is 5.31. The number of H-pyrrole nitrogens is 1. The topological polar surface area (TPSA) is 28.7 Å². The minimum atomic E-state index is 0.644. The first-order chi connectivity index (χ1) is 9.11. The van der Waals surface area contributed by atoms with Gasteiger partial charge in [0.1, 0.15) is 10.5 Å². The number of aryl methyl sites for hydroxylation is 2. The monoisotopic (exact) mass is 336 g/mol. The van der Waals surface area contributed by atoms with Crippen molar-refractivity contribution < 1.29 is 0 Å². The van der Waals surface area contributed by atoms with Crippen LogP contribution in [0.3, 0.4) is 0 Å². The predicted molar refractivity (Wildman–Crippen MR) is 85.1 cm³/mol. The van der Waals surface area contributed by atoms with E-state index in [1.807, 2.05) is 0 Å². The minimum Gasteiger partial charge on any atom is -0.346 e. The second-order valence-electron chi connectivity index (χ2n) is 4.63. The molecule has 2 nitrogen and oxygen atoms in total. The van der Waals surface area contributed by atoms with Crippen molar-refractivity contribution in [3.05, 3.63) is 56.0 Å². The van der Waals surface area contributed by atoms with E-state index in [1.165, 1.54) is 11.1 Å². The summed E-state index contributed by atoms with van der Waals surface area (Å²) in [5.41, 5.74) is 3.71. The van der Waals surface area contributed by atoms with E-state index in [2.05, 4.69) is 64.0 Å². The highest BCUT2D eigenvalue weighted by Crippen LogP contribution is 2.19. The van der Waals surface area contributed by atoms with Gasteiger partial charge in [0.15, 0.2) is 0 Å². The molecule has 19 heavy (non-hydrogen) atoms. The number of nitrogens with zero attached hydrogens (tertiary/aromatic N) is 1. The number of halogens is 1. The van der Waals surface area contributed by atoms with Gasteiger partial charge in [-0.2, -0.15) is 0 Å². The molecular formula is C15H17BrN2S. The Bertz CT molecular complexity index is 634. The van der Waals surface area contributed by atoms with E-state index in [9.17, 15) is 0 Å². The van der Waals surface area contributed by atoms with Crippen LogP contribution in [-0.2, 0) is 12.8 Å². The van der Waals surface area contributed by atoms with Crippen molar-refractivity contribution >= 4 is 28.1 Å². The van der Waals surface area contributed by atoms with Crippen LogP contribution in [0.15, 0.2) is 28.7 Å². The zero-order chi connectivity index (χ0) is 13.8. The summed E-state index contributed by atoms with van der Waals surface area (Å²) in [5.74, 6) is 0.936. The third kappa shape index (κ3) is 3.51. The van der Waals surface area contributed by atoms with Crippen molar-refractivity contribution in [3.63, 3.8) is 0 Å². The fourth-order valence-corrected chi connectivity index (χ4v) is 2.67. The second-order valence-corrected chi connectivity index (χ2v) is 5.81. The minimum absolute atomic E-state index is 0.644.